The van der Waals surface area contributed by atoms with Gasteiger partial charge in [0.1, 0.15) is 6.61 Å². The molecule has 116 valence electrons. The molecule has 1 fully saturated rings. The zero-order valence-electron chi connectivity index (χ0n) is 12.3. The topological polar surface area (TPSA) is 72.7 Å². The van der Waals surface area contributed by atoms with Crippen LogP contribution in [0.25, 0.3) is 6.08 Å². The van der Waals surface area contributed by atoms with E-state index in [2.05, 4.69) is 0 Å². The Morgan fingerprint density at radius 3 is 2.82 bits per heavy atom. The van der Waals surface area contributed by atoms with Crippen molar-refractivity contribution in [1.82, 2.24) is 4.90 Å². The Bertz CT molecular complexity index is 642. The molecule has 1 saturated heterocycles. The van der Waals surface area contributed by atoms with Crippen LogP contribution in [0.3, 0.4) is 0 Å². The number of nitro groups is 1. The molecule has 1 aromatic rings. The van der Waals surface area contributed by atoms with Gasteiger partial charge < -0.3 is 4.74 Å². The molecule has 1 aliphatic heterocycles. The fourth-order valence-corrected chi connectivity index (χ4v) is 2.51. The van der Waals surface area contributed by atoms with Gasteiger partial charge in [0.25, 0.3) is 16.8 Å². The summed E-state index contributed by atoms with van der Waals surface area (Å²) >= 11 is 5.05. The standard InChI is InChI=1S/C15H16N2O4S/c1-10(2)13-9-21-15(22)16(13)14(18)8-7-11-5-3-4-6-12(11)17(19)20/h3-8,10,13H,9H2,1-2H3/b8-7+/t13-/m1/s1. The summed E-state index contributed by atoms with van der Waals surface area (Å²) in [6.07, 6.45) is 2.72. The van der Waals surface area contributed by atoms with E-state index in [-0.39, 0.29) is 28.7 Å². The quantitative estimate of drug-likeness (QED) is 0.369. The van der Waals surface area contributed by atoms with Crippen LogP contribution in [-0.2, 0) is 9.53 Å². The molecule has 0 aliphatic carbocycles. The maximum atomic E-state index is 12.3. The van der Waals surface area contributed by atoms with Crippen LogP contribution in [0.1, 0.15) is 19.4 Å². The van der Waals surface area contributed by atoms with Crippen LogP contribution < -0.4 is 0 Å². The van der Waals surface area contributed by atoms with Gasteiger partial charge >= 0.3 is 0 Å². The highest BCUT2D eigenvalue weighted by atomic mass is 32.1. The highest BCUT2D eigenvalue weighted by Crippen LogP contribution is 2.22. The van der Waals surface area contributed by atoms with Gasteiger partial charge in [0.2, 0.25) is 0 Å². The first-order valence-corrected chi connectivity index (χ1v) is 7.24. The SMILES string of the molecule is CC(C)[C@H]1COC(=S)N1C(=O)/C=C/c1ccccc1[N+](=O)[O-]. The molecule has 7 heteroatoms. The molecule has 0 aromatic heterocycles. The minimum absolute atomic E-state index is 0.0489. The summed E-state index contributed by atoms with van der Waals surface area (Å²) in [6.45, 7) is 4.34. The number of carbonyl (C=O) groups is 1. The first-order valence-electron chi connectivity index (χ1n) is 6.83. The number of thiocarbonyl (C=S) groups is 1. The summed E-state index contributed by atoms with van der Waals surface area (Å²) in [5, 5.41) is 11.1. The van der Waals surface area contributed by atoms with Crippen molar-refractivity contribution >= 4 is 35.1 Å². The van der Waals surface area contributed by atoms with Gasteiger partial charge in [-0.05, 0) is 30.3 Å². The van der Waals surface area contributed by atoms with Crippen molar-refractivity contribution in [2.45, 2.75) is 19.9 Å². The van der Waals surface area contributed by atoms with Crippen LogP contribution >= 0.6 is 12.2 Å². The molecule has 1 aromatic carbocycles. The van der Waals surface area contributed by atoms with Crippen molar-refractivity contribution in [2.24, 2.45) is 5.92 Å². The van der Waals surface area contributed by atoms with Gasteiger partial charge in [0.05, 0.1) is 16.5 Å². The first kappa shape index (κ1) is 16.1. The monoisotopic (exact) mass is 320 g/mol. The number of para-hydroxylation sites is 1. The van der Waals surface area contributed by atoms with Crippen molar-refractivity contribution in [1.29, 1.82) is 0 Å². The van der Waals surface area contributed by atoms with Crippen molar-refractivity contribution in [2.75, 3.05) is 6.61 Å². The normalized spacial score (nSPS) is 18.0. The largest absolute Gasteiger partial charge is 0.468 e. The van der Waals surface area contributed by atoms with E-state index in [9.17, 15) is 14.9 Å². The van der Waals surface area contributed by atoms with Crippen molar-refractivity contribution in [3.05, 3.63) is 46.0 Å². The highest BCUT2D eigenvalue weighted by Gasteiger charge is 2.35. The lowest BCUT2D eigenvalue weighted by Crippen LogP contribution is -2.40. The van der Waals surface area contributed by atoms with Gasteiger partial charge in [-0.2, -0.15) is 0 Å². The average Bonchev–Trinajstić information content (AvgIpc) is 2.87. The lowest BCUT2D eigenvalue weighted by molar-refractivity contribution is -0.385. The third-order valence-electron chi connectivity index (χ3n) is 3.45. The Hall–Kier alpha value is -2.28. The number of ether oxygens (including phenoxy) is 1. The van der Waals surface area contributed by atoms with Crippen molar-refractivity contribution in [3.8, 4) is 0 Å². The summed E-state index contributed by atoms with van der Waals surface area (Å²) in [7, 11) is 0. The van der Waals surface area contributed by atoms with E-state index in [4.69, 9.17) is 17.0 Å². The van der Waals surface area contributed by atoms with Crippen LogP contribution in [0, 0.1) is 16.0 Å². The van der Waals surface area contributed by atoms with Gasteiger partial charge in [-0.25, -0.2) is 0 Å². The number of amides is 1. The molecule has 1 atom stereocenters. The molecular weight excluding hydrogens is 304 g/mol. The Labute approximate surface area is 133 Å². The average molecular weight is 320 g/mol. The Kier molecular flexibility index (Phi) is 4.87. The number of hydrogen-bond acceptors (Lipinski definition) is 5. The molecule has 6 nitrogen and oxygen atoms in total. The molecule has 22 heavy (non-hydrogen) atoms. The molecule has 2 rings (SSSR count). The summed E-state index contributed by atoms with van der Waals surface area (Å²) in [5.41, 5.74) is 0.320. The number of nitrogens with zero attached hydrogens (tertiary/aromatic N) is 2. The van der Waals surface area contributed by atoms with E-state index in [1.807, 2.05) is 13.8 Å². The number of nitro benzene ring substituents is 1. The maximum Gasteiger partial charge on any atom is 0.276 e. The van der Waals surface area contributed by atoms with Crippen LogP contribution in [0.5, 0.6) is 0 Å². The van der Waals surface area contributed by atoms with E-state index in [0.29, 0.717) is 12.2 Å². The number of rotatable bonds is 4. The Morgan fingerprint density at radius 2 is 2.18 bits per heavy atom. The zero-order chi connectivity index (χ0) is 16.3. The minimum Gasteiger partial charge on any atom is -0.468 e. The van der Waals surface area contributed by atoms with Crippen LogP contribution in [-0.4, -0.2) is 33.6 Å². The minimum atomic E-state index is -0.481. The highest BCUT2D eigenvalue weighted by molar-refractivity contribution is 7.80. The molecule has 0 saturated carbocycles. The van der Waals surface area contributed by atoms with Gasteiger partial charge in [-0.1, -0.05) is 26.0 Å². The van der Waals surface area contributed by atoms with Crippen LogP contribution in [0.2, 0.25) is 0 Å². The van der Waals surface area contributed by atoms with Gasteiger partial charge in [0.15, 0.2) is 0 Å². The second-order valence-corrected chi connectivity index (χ2v) is 5.60. The van der Waals surface area contributed by atoms with E-state index in [1.165, 1.54) is 23.1 Å². The van der Waals surface area contributed by atoms with Crippen molar-refractivity contribution < 1.29 is 14.5 Å². The van der Waals surface area contributed by atoms with Crippen LogP contribution in [0.4, 0.5) is 5.69 Å². The van der Waals surface area contributed by atoms with Gasteiger partial charge in [0, 0.05) is 12.1 Å². The zero-order valence-corrected chi connectivity index (χ0v) is 13.1. The third kappa shape index (κ3) is 3.30. The third-order valence-corrected chi connectivity index (χ3v) is 3.77. The van der Waals surface area contributed by atoms with Crippen molar-refractivity contribution in [3.63, 3.8) is 0 Å². The van der Waals surface area contributed by atoms with E-state index < -0.39 is 4.92 Å². The smallest absolute Gasteiger partial charge is 0.276 e. The molecular formula is C15H16N2O4S. The Morgan fingerprint density at radius 1 is 1.50 bits per heavy atom. The Balaban J connectivity index is 2.21. The molecule has 0 N–H and O–H groups in total. The second-order valence-electron chi connectivity index (χ2n) is 5.25. The molecule has 0 radical (unpaired) electrons. The number of carbonyl (C=O) groups excluding carboxylic acids is 1. The molecule has 1 aliphatic rings. The molecule has 0 bridgehead atoms. The maximum absolute atomic E-state index is 12.3. The first-order chi connectivity index (χ1) is 10.4. The predicted octanol–water partition coefficient (Wildman–Crippen LogP) is 2.78. The lowest BCUT2D eigenvalue weighted by atomic mass is 10.0. The molecule has 0 spiro atoms. The number of hydrogen-bond donors (Lipinski definition) is 0. The second kappa shape index (κ2) is 6.65. The van der Waals surface area contributed by atoms with Gasteiger partial charge in [-0.3, -0.25) is 19.8 Å². The van der Waals surface area contributed by atoms with E-state index >= 15 is 0 Å². The van der Waals surface area contributed by atoms with E-state index in [0.717, 1.165) is 0 Å². The van der Waals surface area contributed by atoms with Crippen LogP contribution in [0.15, 0.2) is 30.3 Å². The fourth-order valence-electron chi connectivity index (χ4n) is 2.22. The molecule has 1 heterocycles. The molecule has 1 amide bonds. The summed E-state index contributed by atoms with van der Waals surface area (Å²) in [5.74, 6) is -0.136. The summed E-state index contributed by atoms with van der Waals surface area (Å²) in [6, 6.07) is 6.12. The predicted molar refractivity (Wildman–Crippen MR) is 86.2 cm³/mol. The lowest BCUT2D eigenvalue weighted by Gasteiger charge is -2.22. The fraction of sp³-hybridized carbons (Fsp3) is 0.333. The summed E-state index contributed by atoms with van der Waals surface area (Å²) < 4.78 is 5.27. The van der Waals surface area contributed by atoms with Gasteiger partial charge in [-0.15, -0.1) is 0 Å². The number of benzene rings is 1. The summed E-state index contributed by atoms with van der Waals surface area (Å²) in [4.78, 5) is 24.2. The molecule has 0 unspecified atom stereocenters. The van der Waals surface area contributed by atoms with E-state index in [1.54, 1.807) is 18.2 Å².